The fourth-order valence-electron chi connectivity index (χ4n) is 4.20. The summed E-state index contributed by atoms with van der Waals surface area (Å²) in [6, 6.07) is 8.12. The number of thiocarbonyl (C=S) groups is 2. The van der Waals surface area contributed by atoms with Crippen molar-refractivity contribution in [2.24, 2.45) is 0 Å². The van der Waals surface area contributed by atoms with Crippen molar-refractivity contribution in [3.63, 3.8) is 0 Å². The zero-order valence-electron chi connectivity index (χ0n) is 22.2. The highest BCUT2D eigenvalue weighted by Crippen LogP contribution is 2.38. The minimum atomic E-state index is -4.59. The summed E-state index contributed by atoms with van der Waals surface area (Å²) in [5.41, 5.74) is -1.99. The number of thioether (sulfide) groups is 1. The van der Waals surface area contributed by atoms with E-state index in [0.717, 1.165) is 58.0 Å². The molecule has 0 bridgehead atoms. The normalized spacial score (nSPS) is 17.5. The predicted molar refractivity (Wildman–Crippen MR) is 157 cm³/mol. The third kappa shape index (κ3) is 7.81. The minimum Gasteiger partial charge on any atom is -0.326 e. The lowest BCUT2D eigenvalue weighted by Gasteiger charge is -2.16. The lowest BCUT2D eigenvalue weighted by molar-refractivity contribution is -0.138. The molecule has 0 atom stereocenters. The largest absolute Gasteiger partial charge is 0.416 e. The summed E-state index contributed by atoms with van der Waals surface area (Å²) in [5, 5.41) is 4.68. The third-order valence-corrected chi connectivity index (χ3v) is 8.18. The molecule has 232 valence electrons. The SMILES string of the molecule is O=C(CCN1C(=O)C(=C2SC(=S)N(CCC(=O)Nc3cccc(C(F)(F)F)c3)C2=O)CC1=S)Nc1cccc(C(F)(F)F)c1. The van der Waals surface area contributed by atoms with Crippen molar-refractivity contribution in [3.8, 4) is 0 Å². The second-order valence-corrected chi connectivity index (χ2v) is 11.5. The number of carbonyl (C=O) groups excluding carboxylic acids is 4. The Kier molecular flexibility index (Phi) is 9.80. The number of amides is 4. The summed E-state index contributed by atoms with van der Waals surface area (Å²) in [6.45, 7) is -0.397. The van der Waals surface area contributed by atoms with Crippen LogP contribution in [0.15, 0.2) is 59.0 Å². The summed E-state index contributed by atoms with van der Waals surface area (Å²) >= 11 is 11.3. The number of benzene rings is 2. The van der Waals surface area contributed by atoms with Gasteiger partial charge in [-0.25, -0.2) is 0 Å². The van der Waals surface area contributed by atoms with Crippen LogP contribution in [0.1, 0.15) is 30.4 Å². The van der Waals surface area contributed by atoms with E-state index in [1.807, 2.05) is 0 Å². The second kappa shape index (κ2) is 13.0. The van der Waals surface area contributed by atoms with Gasteiger partial charge in [-0.1, -0.05) is 48.3 Å². The van der Waals surface area contributed by atoms with Crippen LogP contribution in [0.25, 0.3) is 0 Å². The van der Waals surface area contributed by atoms with Crippen molar-refractivity contribution in [1.82, 2.24) is 9.80 Å². The average Bonchev–Trinajstić information content (AvgIpc) is 3.38. The fraction of sp³-hybridized carbons (Fsp3) is 0.259. The van der Waals surface area contributed by atoms with E-state index in [1.54, 1.807) is 0 Å². The maximum Gasteiger partial charge on any atom is 0.416 e. The van der Waals surface area contributed by atoms with Gasteiger partial charge in [-0.05, 0) is 36.4 Å². The number of likely N-dealkylation sites (tertiary alicyclic amines) is 1. The molecule has 0 radical (unpaired) electrons. The van der Waals surface area contributed by atoms with Crippen molar-refractivity contribution in [2.75, 3.05) is 23.7 Å². The molecule has 0 unspecified atom stereocenters. The molecule has 44 heavy (non-hydrogen) atoms. The van der Waals surface area contributed by atoms with E-state index in [2.05, 4.69) is 10.6 Å². The molecule has 2 N–H and O–H groups in total. The molecule has 2 fully saturated rings. The first-order valence-electron chi connectivity index (χ1n) is 12.6. The van der Waals surface area contributed by atoms with Crippen molar-refractivity contribution < 1.29 is 45.5 Å². The van der Waals surface area contributed by atoms with Gasteiger partial charge in [0.25, 0.3) is 11.8 Å². The van der Waals surface area contributed by atoms with Crippen LogP contribution in [-0.4, -0.2) is 55.8 Å². The number of hydrogen-bond acceptors (Lipinski definition) is 7. The van der Waals surface area contributed by atoms with E-state index in [9.17, 15) is 45.5 Å². The Morgan fingerprint density at radius 3 is 1.73 bits per heavy atom. The fourth-order valence-corrected chi connectivity index (χ4v) is 5.88. The molecule has 2 heterocycles. The molecule has 0 saturated carbocycles. The molecule has 8 nitrogen and oxygen atoms in total. The Morgan fingerprint density at radius 2 is 1.25 bits per heavy atom. The Morgan fingerprint density at radius 1 is 0.773 bits per heavy atom. The molecule has 4 rings (SSSR count). The molecule has 2 aliphatic heterocycles. The van der Waals surface area contributed by atoms with Gasteiger partial charge in [-0.15, -0.1) is 0 Å². The van der Waals surface area contributed by atoms with E-state index >= 15 is 0 Å². The predicted octanol–water partition coefficient (Wildman–Crippen LogP) is 5.76. The molecule has 2 aromatic rings. The number of carbonyl (C=O) groups is 4. The second-order valence-electron chi connectivity index (χ2n) is 9.41. The van der Waals surface area contributed by atoms with Crippen molar-refractivity contribution in [1.29, 1.82) is 0 Å². The highest BCUT2D eigenvalue weighted by atomic mass is 32.2. The first-order valence-corrected chi connectivity index (χ1v) is 14.2. The molecule has 17 heteroatoms. The summed E-state index contributed by atoms with van der Waals surface area (Å²) in [7, 11) is 0. The Bertz CT molecular complexity index is 1480. The molecule has 0 aliphatic carbocycles. The van der Waals surface area contributed by atoms with E-state index < -0.39 is 47.1 Å². The van der Waals surface area contributed by atoms with Gasteiger partial charge in [-0.2, -0.15) is 26.3 Å². The van der Waals surface area contributed by atoms with Gasteiger partial charge in [0, 0.05) is 49.3 Å². The third-order valence-electron chi connectivity index (χ3n) is 6.33. The van der Waals surface area contributed by atoms with Gasteiger partial charge in [0.2, 0.25) is 11.8 Å². The van der Waals surface area contributed by atoms with Gasteiger partial charge >= 0.3 is 12.4 Å². The number of halogens is 6. The number of nitrogens with one attached hydrogen (secondary N) is 2. The molecule has 2 saturated heterocycles. The molecule has 4 amide bonds. The summed E-state index contributed by atoms with van der Waals surface area (Å²) in [4.78, 5) is 53.3. The van der Waals surface area contributed by atoms with Crippen LogP contribution in [0.2, 0.25) is 0 Å². The average molecular weight is 675 g/mol. The molecular weight excluding hydrogens is 655 g/mol. The van der Waals surface area contributed by atoms with E-state index in [4.69, 9.17) is 24.4 Å². The summed E-state index contributed by atoms with van der Waals surface area (Å²) in [6.07, 6.45) is -9.87. The Balaban J connectivity index is 1.34. The number of hydrogen-bond donors (Lipinski definition) is 2. The lowest BCUT2D eigenvalue weighted by Crippen LogP contribution is -2.33. The molecule has 0 spiro atoms. The Labute approximate surface area is 260 Å². The monoisotopic (exact) mass is 674 g/mol. The molecule has 0 aromatic heterocycles. The standard InChI is InChI=1S/C27H20F6N4O4S3/c28-26(29,30)14-3-1-5-16(11-14)34-19(38)7-9-36-21(42)13-18(23(36)40)22-24(41)37(25(43)44-22)10-8-20(39)35-17-6-2-4-15(12-17)27(31,32)33/h1-6,11-12H,7-10,13H2,(H,34,38)(H,35,39). The van der Waals surface area contributed by atoms with Crippen LogP contribution < -0.4 is 10.6 Å². The van der Waals surface area contributed by atoms with E-state index in [0.29, 0.717) is 0 Å². The number of rotatable bonds is 8. The molecule has 2 aromatic carbocycles. The maximum absolute atomic E-state index is 13.1. The lowest BCUT2D eigenvalue weighted by atomic mass is 10.2. The molecule has 2 aliphatic rings. The quantitative estimate of drug-likeness (QED) is 0.209. The summed E-state index contributed by atoms with van der Waals surface area (Å²) in [5.74, 6) is -2.62. The van der Waals surface area contributed by atoms with Gasteiger partial charge in [-0.3, -0.25) is 24.1 Å². The van der Waals surface area contributed by atoms with Crippen LogP contribution in [0.5, 0.6) is 0 Å². The zero-order chi connectivity index (χ0) is 32.4. The van der Waals surface area contributed by atoms with Crippen LogP contribution in [-0.2, 0) is 31.5 Å². The van der Waals surface area contributed by atoms with Crippen LogP contribution in [0.3, 0.4) is 0 Å². The first-order chi connectivity index (χ1) is 20.5. The van der Waals surface area contributed by atoms with E-state index in [1.165, 1.54) is 12.1 Å². The van der Waals surface area contributed by atoms with Gasteiger partial charge in [0.05, 0.1) is 21.0 Å². The van der Waals surface area contributed by atoms with Crippen molar-refractivity contribution in [2.45, 2.75) is 31.6 Å². The topological polar surface area (TPSA) is 98.8 Å². The Hall–Kier alpha value is -3.83. The van der Waals surface area contributed by atoms with Gasteiger partial charge < -0.3 is 15.5 Å². The molecular formula is C27H20F6N4O4S3. The maximum atomic E-state index is 13.1. The first kappa shape index (κ1) is 33.1. The smallest absolute Gasteiger partial charge is 0.326 e. The minimum absolute atomic E-state index is 0.00319. The zero-order valence-corrected chi connectivity index (χ0v) is 24.6. The van der Waals surface area contributed by atoms with Crippen molar-refractivity contribution in [3.05, 3.63) is 70.1 Å². The summed E-state index contributed by atoms with van der Waals surface area (Å²) < 4.78 is 77.6. The number of nitrogens with zero attached hydrogens (tertiary/aromatic N) is 2. The van der Waals surface area contributed by atoms with Crippen molar-refractivity contribution >= 4 is 80.5 Å². The highest BCUT2D eigenvalue weighted by molar-refractivity contribution is 8.26. The van der Waals surface area contributed by atoms with Crippen LogP contribution >= 0.6 is 36.2 Å². The number of anilines is 2. The van der Waals surface area contributed by atoms with Crippen LogP contribution in [0, 0.1) is 0 Å². The van der Waals surface area contributed by atoms with E-state index in [-0.39, 0.29) is 63.5 Å². The van der Waals surface area contributed by atoms with Gasteiger partial charge in [0.15, 0.2) is 0 Å². The number of alkyl halides is 6. The van der Waals surface area contributed by atoms with Crippen LogP contribution in [0.4, 0.5) is 37.7 Å². The highest BCUT2D eigenvalue weighted by Gasteiger charge is 2.41. The van der Waals surface area contributed by atoms with Gasteiger partial charge in [0.1, 0.15) is 4.32 Å².